The van der Waals surface area contributed by atoms with Crippen LogP contribution >= 0.6 is 11.8 Å². The molecule has 0 fully saturated rings. The normalized spacial score (nSPS) is 15.2. The fourth-order valence-electron chi connectivity index (χ4n) is 3.40. The number of hydrogen-bond donors (Lipinski definition) is 2. The maximum Gasteiger partial charge on any atom is 0.102 e. The Morgan fingerprint density at radius 2 is 1.85 bits per heavy atom. The van der Waals surface area contributed by atoms with Gasteiger partial charge in [0.1, 0.15) is 5.76 Å². The molecule has 1 aromatic heterocycles. The van der Waals surface area contributed by atoms with Crippen molar-refractivity contribution in [3.63, 3.8) is 0 Å². The van der Waals surface area contributed by atoms with E-state index >= 15 is 0 Å². The molecule has 0 saturated heterocycles. The van der Waals surface area contributed by atoms with E-state index in [4.69, 9.17) is 5.73 Å². The van der Waals surface area contributed by atoms with Crippen molar-refractivity contribution >= 4 is 17.3 Å². The number of rotatable bonds is 7. The summed E-state index contributed by atoms with van der Waals surface area (Å²) in [6, 6.07) is 12.5. The van der Waals surface area contributed by atoms with Crippen molar-refractivity contribution in [1.29, 1.82) is 0 Å². The van der Waals surface area contributed by atoms with Crippen molar-refractivity contribution in [1.82, 2.24) is 4.57 Å². The summed E-state index contributed by atoms with van der Waals surface area (Å²) < 4.78 is 2.39. The second-order valence-electron chi connectivity index (χ2n) is 7.09. The molecule has 0 amide bonds. The first-order valence-electron chi connectivity index (χ1n) is 9.29. The van der Waals surface area contributed by atoms with E-state index in [-0.39, 0.29) is 5.76 Å². The van der Waals surface area contributed by atoms with Crippen molar-refractivity contribution in [2.75, 3.05) is 6.26 Å². The van der Waals surface area contributed by atoms with E-state index < -0.39 is 6.04 Å². The summed E-state index contributed by atoms with van der Waals surface area (Å²) in [7, 11) is 0. The molecule has 3 N–H and O–H groups in total. The molecular weight excluding hydrogens is 352 g/mol. The topological polar surface area (TPSA) is 51.2 Å². The summed E-state index contributed by atoms with van der Waals surface area (Å²) in [6.45, 7) is 6.52. The van der Waals surface area contributed by atoms with Gasteiger partial charge in [0.15, 0.2) is 0 Å². The van der Waals surface area contributed by atoms with Crippen molar-refractivity contribution in [2.45, 2.75) is 38.8 Å². The Hall–Kier alpha value is -2.17. The van der Waals surface area contributed by atoms with Gasteiger partial charge in [-0.25, -0.2) is 0 Å². The number of aryl methyl sites for hydroxylation is 1. The number of hydrogen-bond acceptors (Lipinski definition) is 3. The van der Waals surface area contributed by atoms with Crippen LogP contribution in [0.2, 0.25) is 0 Å². The van der Waals surface area contributed by atoms with Gasteiger partial charge >= 0.3 is 0 Å². The molecule has 0 radical (unpaired) electrons. The van der Waals surface area contributed by atoms with E-state index in [9.17, 15) is 5.11 Å². The highest BCUT2D eigenvalue weighted by atomic mass is 32.2. The van der Waals surface area contributed by atoms with Crippen LogP contribution in [-0.4, -0.2) is 22.0 Å². The first-order valence-corrected chi connectivity index (χ1v) is 10.5. The molecule has 3 nitrogen and oxygen atoms in total. The summed E-state index contributed by atoms with van der Waals surface area (Å²) in [5.74, 6) is 0.0334. The van der Waals surface area contributed by atoms with Gasteiger partial charge in [-0.15, -0.1) is 11.8 Å². The lowest BCUT2D eigenvalue weighted by atomic mass is 10.0. The fraction of sp³-hybridized carbons (Fsp3) is 0.304. The van der Waals surface area contributed by atoms with Gasteiger partial charge in [0.2, 0.25) is 0 Å². The van der Waals surface area contributed by atoms with Crippen LogP contribution in [-0.2, 0) is 13.0 Å². The molecule has 1 unspecified atom stereocenters. The SMILES string of the molecule is C=C(O)C(N)Cc1ccc(Cn2c(C)ccc2C2=CC=C(SC)CC2)cc1. The van der Waals surface area contributed by atoms with E-state index in [1.165, 1.54) is 27.4 Å². The van der Waals surface area contributed by atoms with Crippen LogP contribution in [0.15, 0.2) is 65.8 Å². The van der Waals surface area contributed by atoms with Gasteiger partial charge in [0, 0.05) is 17.9 Å². The fourth-order valence-corrected chi connectivity index (χ4v) is 3.91. The predicted molar refractivity (Wildman–Crippen MR) is 117 cm³/mol. The minimum absolute atomic E-state index is 0.0334. The average Bonchev–Trinajstić information content (AvgIpc) is 3.03. The molecule has 1 aromatic carbocycles. The highest BCUT2D eigenvalue weighted by Gasteiger charge is 2.14. The van der Waals surface area contributed by atoms with Crippen molar-refractivity contribution in [3.05, 3.63) is 88.3 Å². The third kappa shape index (κ3) is 4.76. The third-order valence-electron chi connectivity index (χ3n) is 5.15. The number of nitrogens with two attached hydrogens (primary N) is 1. The minimum atomic E-state index is -0.411. The summed E-state index contributed by atoms with van der Waals surface area (Å²) in [5, 5.41) is 9.39. The van der Waals surface area contributed by atoms with Crippen molar-refractivity contribution in [3.8, 4) is 0 Å². The van der Waals surface area contributed by atoms with Crippen LogP contribution in [0, 0.1) is 6.92 Å². The number of aromatic nitrogens is 1. The second-order valence-corrected chi connectivity index (χ2v) is 8.03. The molecule has 1 aliphatic rings. The van der Waals surface area contributed by atoms with Crippen LogP contribution in [0.1, 0.15) is 35.4 Å². The first-order chi connectivity index (χ1) is 13.0. The van der Waals surface area contributed by atoms with Crippen LogP contribution in [0.3, 0.4) is 0 Å². The zero-order chi connectivity index (χ0) is 19.4. The maximum atomic E-state index is 9.39. The number of thioether (sulfide) groups is 1. The molecule has 142 valence electrons. The van der Waals surface area contributed by atoms with E-state index in [0.29, 0.717) is 6.42 Å². The highest BCUT2D eigenvalue weighted by Crippen LogP contribution is 2.32. The summed E-state index contributed by atoms with van der Waals surface area (Å²) >= 11 is 1.84. The molecular formula is C23H28N2OS. The maximum absolute atomic E-state index is 9.39. The van der Waals surface area contributed by atoms with Crippen molar-refractivity contribution < 1.29 is 5.11 Å². The second kappa shape index (κ2) is 8.68. The third-order valence-corrected chi connectivity index (χ3v) is 6.01. The minimum Gasteiger partial charge on any atom is -0.511 e. The average molecular weight is 381 g/mol. The van der Waals surface area contributed by atoms with Crippen LogP contribution in [0.5, 0.6) is 0 Å². The molecule has 1 atom stereocenters. The Labute approximate surface area is 166 Å². The van der Waals surface area contributed by atoms with Gasteiger partial charge in [-0.2, -0.15) is 0 Å². The molecule has 0 bridgehead atoms. The number of aliphatic hydroxyl groups excluding tert-OH is 1. The molecule has 1 heterocycles. The molecule has 0 spiro atoms. The van der Waals surface area contributed by atoms with Gasteiger partial charge in [-0.05, 0) is 66.2 Å². The van der Waals surface area contributed by atoms with Gasteiger partial charge in [0.05, 0.1) is 6.04 Å². The number of benzene rings is 1. The number of allylic oxidation sites excluding steroid dienone is 4. The lowest BCUT2D eigenvalue weighted by molar-refractivity contribution is 0.368. The Morgan fingerprint density at radius 3 is 2.44 bits per heavy atom. The Balaban J connectivity index is 1.77. The first kappa shape index (κ1) is 19.6. The summed E-state index contributed by atoms with van der Waals surface area (Å²) in [4.78, 5) is 1.45. The van der Waals surface area contributed by atoms with E-state index in [1.807, 2.05) is 11.8 Å². The monoisotopic (exact) mass is 380 g/mol. The number of aliphatic hydroxyl groups is 1. The lowest BCUT2D eigenvalue weighted by Gasteiger charge is -2.18. The largest absolute Gasteiger partial charge is 0.511 e. The van der Waals surface area contributed by atoms with Crippen LogP contribution in [0.4, 0.5) is 0 Å². The zero-order valence-corrected chi connectivity index (χ0v) is 16.9. The lowest BCUT2D eigenvalue weighted by Crippen LogP contribution is -2.24. The van der Waals surface area contributed by atoms with Crippen LogP contribution < -0.4 is 5.73 Å². The van der Waals surface area contributed by atoms with Crippen LogP contribution in [0.25, 0.3) is 5.57 Å². The zero-order valence-electron chi connectivity index (χ0n) is 16.1. The Kier molecular flexibility index (Phi) is 6.30. The standard InChI is InChI=1S/C23H28N2OS/c1-16-4-13-23(20-9-11-21(27-3)12-10-20)25(16)15-19-7-5-18(6-8-19)14-22(24)17(2)26/h4-9,11,13,22,26H,2,10,12,14-15,24H2,1,3H3. The van der Waals surface area contributed by atoms with Gasteiger partial charge in [0.25, 0.3) is 0 Å². The molecule has 2 aromatic rings. The van der Waals surface area contributed by atoms with Gasteiger partial charge in [-0.1, -0.05) is 43.0 Å². The number of nitrogens with zero attached hydrogens (tertiary/aromatic N) is 1. The van der Waals surface area contributed by atoms with Crippen molar-refractivity contribution in [2.24, 2.45) is 5.73 Å². The van der Waals surface area contributed by atoms with E-state index in [0.717, 1.165) is 24.9 Å². The molecule has 3 rings (SSSR count). The van der Waals surface area contributed by atoms with Gasteiger partial charge < -0.3 is 15.4 Å². The molecule has 4 heteroatoms. The summed E-state index contributed by atoms with van der Waals surface area (Å²) in [5.41, 5.74) is 12.2. The smallest absolute Gasteiger partial charge is 0.102 e. The van der Waals surface area contributed by atoms with Gasteiger partial charge in [-0.3, -0.25) is 0 Å². The quantitative estimate of drug-likeness (QED) is 0.648. The predicted octanol–water partition coefficient (Wildman–Crippen LogP) is 5.21. The molecule has 0 saturated carbocycles. The Morgan fingerprint density at radius 1 is 1.15 bits per heavy atom. The van der Waals surface area contributed by atoms with E-state index in [2.05, 4.69) is 72.9 Å². The Bertz CT molecular complexity index is 874. The molecule has 1 aliphatic carbocycles. The molecule has 0 aliphatic heterocycles. The van der Waals surface area contributed by atoms with E-state index in [1.54, 1.807) is 0 Å². The highest BCUT2D eigenvalue weighted by molar-refractivity contribution is 8.02. The summed E-state index contributed by atoms with van der Waals surface area (Å²) in [6.07, 6.45) is 9.49. The molecule has 27 heavy (non-hydrogen) atoms.